The van der Waals surface area contributed by atoms with Gasteiger partial charge in [0.2, 0.25) is 0 Å². The second kappa shape index (κ2) is 5.35. The molecule has 6 heteroatoms. The van der Waals surface area contributed by atoms with E-state index < -0.39 is 0 Å². The summed E-state index contributed by atoms with van der Waals surface area (Å²) < 4.78 is 0.920. The van der Waals surface area contributed by atoms with Gasteiger partial charge in [-0.1, -0.05) is 11.6 Å². The summed E-state index contributed by atoms with van der Waals surface area (Å²) >= 11 is 9.64. The average molecular weight is 342 g/mol. The van der Waals surface area contributed by atoms with Crippen molar-refractivity contribution in [1.29, 1.82) is 0 Å². The maximum Gasteiger partial charge on any atom is 0.139 e. The minimum absolute atomic E-state index is 0.476. The lowest BCUT2D eigenvalue weighted by atomic mass is 10.2. The van der Waals surface area contributed by atoms with Crippen molar-refractivity contribution < 1.29 is 0 Å². The second-order valence-electron chi connectivity index (χ2n) is 4.34. The minimum atomic E-state index is 0.476. The van der Waals surface area contributed by atoms with Crippen molar-refractivity contribution >= 4 is 44.9 Å². The van der Waals surface area contributed by atoms with Gasteiger partial charge in [0.05, 0.1) is 5.69 Å². The smallest absolute Gasteiger partial charge is 0.139 e. The Kier molecular flexibility index (Phi) is 3.96. The minimum Gasteiger partial charge on any atom is -0.383 e. The second-order valence-corrected chi connectivity index (χ2v) is 5.60. The number of anilines is 3. The van der Waals surface area contributed by atoms with Gasteiger partial charge in [-0.15, -0.1) is 0 Å². The zero-order valence-electron chi connectivity index (χ0n) is 10.9. The molecule has 0 aliphatic heterocycles. The molecule has 0 amide bonds. The van der Waals surface area contributed by atoms with E-state index in [0.717, 1.165) is 21.3 Å². The van der Waals surface area contributed by atoms with Crippen molar-refractivity contribution in [3.05, 3.63) is 38.6 Å². The molecule has 0 fully saturated rings. The van der Waals surface area contributed by atoms with Crippen LogP contribution in [0.3, 0.4) is 0 Å². The molecule has 0 radical (unpaired) electrons. The van der Waals surface area contributed by atoms with Gasteiger partial charge in [-0.3, -0.25) is 0 Å². The molecule has 1 aromatic carbocycles. The van der Waals surface area contributed by atoms with E-state index in [9.17, 15) is 0 Å². The highest BCUT2D eigenvalue weighted by atomic mass is 79.9. The topological polar surface area (TPSA) is 63.8 Å². The van der Waals surface area contributed by atoms with Crippen LogP contribution in [0.15, 0.2) is 16.6 Å². The Bertz CT molecular complexity index is 643. The number of aryl methyl sites for hydroxylation is 2. The highest BCUT2D eigenvalue weighted by molar-refractivity contribution is 9.10. The molecular weight excluding hydrogens is 328 g/mol. The van der Waals surface area contributed by atoms with Crippen molar-refractivity contribution in [1.82, 2.24) is 9.97 Å². The molecule has 0 bridgehead atoms. The Morgan fingerprint density at radius 3 is 2.58 bits per heavy atom. The number of halogens is 2. The first kappa shape index (κ1) is 14.1. The summed E-state index contributed by atoms with van der Waals surface area (Å²) in [6, 6.07) is 3.81. The molecule has 1 heterocycles. The van der Waals surface area contributed by atoms with Crippen LogP contribution in [0.5, 0.6) is 0 Å². The van der Waals surface area contributed by atoms with Crippen molar-refractivity contribution in [2.75, 3.05) is 11.1 Å². The molecule has 0 saturated heterocycles. The fourth-order valence-electron chi connectivity index (χ4n) is 1.64. The normalized spacial score (nSPS) is 10.6. The van der Waals surface area contributed by atoms with Crippen LogP contribution in [0.25, 0.3) is 0 Å². The Labute approximate surface area is 125 Å². The number of nitrogen functional groups attached to an aromatic ring is 1. The summed E-state index contributed by atoms with van der Waals surface area (Å²) in [4.78, 5) is 8.47. The molecule has 0 spiro atoms. The van der Waals surface area contributed by atoms with E-state index in [4.69, 9.17) is 17.3 Å². The van der Waals surface area contributed by atoms with Crippen LogP contribution in [0.2, 0.25) is 5.02 Å². The number of nitrogens with zero attached hydrogens (tertiary/aromatic N) is 2. The van der Waals surface area contributed by atoms with Crippen LogP contribution < -0.4 is 11.1 Å². The van der Waals surface area contributed by atoms with Crippen LogP contribution in [0.4, 0.5) is 17.3 Å². The Hall–Kier alpha value is -1.33. The molecule has 0 saturated carbocycles. The first-order chi connectivity index (χ1) is 8.88. The lowest BCUT2D eigenvalue weighted by Crippen LogP contribution is -2.05. The molecule has 2 aromatic rings. The van der Waals surface area contributed by atoms with Crippen molar-refractivity contribution in [3.63, 3.8) is 0 Å². The summed E-state index contributed by atoms with van der Waals surface area (Å²) in [5.41, 5.74) is 8.50. The predicted molar refractivity (Wildman–Crippen MR) is 83.1 cm³/mol. The van der Waals surface area contributed by atoms with Gasteiger partial charge in [-0.25, -0.2) is 9.97 Å². The number of benzene rings is 1. The number of aromatic nitrogens is 2. The quantitative estimate of drug-likeness (QED) is 0.861. The van der Waals surface area contributed by atoms with E-state index in [2.05, 4.69) is 31.2 Å². The first-order valence-electron chi connectivity index (χ1n) is 5.72. The van der Waals surface area contributed by atoms with Crippen LogP contribution >= 0.6 is 27.5 Å². The molecular formula is C13H14BrClN4. The number of hydrogen-bond acceptors (Lipinski definition) is 4. The molecule has 0 unspecified atom stereocenters. The highest BCUT2D eigenvalue weighted by Crippen LogP contribution is 2.32. The molecule has 1 aromatic heterocycles. The van der Waals surface area contributed by atoms with Gasteiger partial charge in [-0.05, 0) is 54.4 Å². The van der Waals surface area contributed by atoms with E-state index in [1.165, 1.54) is 0 Å². The third-order valence-corrected chi connectivity index (χ3v) is 3.86. The molecule has 0 aliphatic carbocycles. The molecule has 3 N–H and O–H groups in total. The monoisotopic (exact) mass is 340 g/mol. The molecule has 2 rings (SSSR count). The average Bonchev–Trinajstić information content (AvgIpc) is 2.32. The van der Waals surface area contributed by atoms with E-state index in [1.807, 2.05) is 26.0 Å². The fraction of sp³-hybridized carbons (Fsp3) is 0.231. The SMILES string of the molecule is Cc1nc(N)c(C)c(Nc2cc(Cl)c(C)cc2Br)n1. The van der Waals surface area contributed by atoms with E-state index in [0.29, 0.717) is 22.5 Å². The molecule has 19 heavy (non-hydrogen) atoms. The van der Waals surface area contributed by atoms with E-state index in [-0.39, 0.29) is 0 Å². The lowest BCUT2D eigenvalue weighted by molar-refractivity contribution is 1.04. The largest absolute Gasteiger partial charge is 0.383 e. The predicted octanol–water partition coefficient (Wildman–Crippen LogP) is 4.14. The summed E-state index contributed by atoms with van der Waals surface area (Å²) in [5.74, 6) is 1.79. The summed E-state index contributed by atoms with van der Waals surface area (Å²) in [7, 11) is 0. The van der Waals surface area contributed by atoms with Crippen LogP contribution in [-0.4, -0.2) is 9.97 Å². The fourth-order valence-corrected chi connectivity index (χ4v) is 2.36. The molecule has 100 valence electrons. The molecule has 0 atom stereocenters. The first-order valence-corrected chi connectivity index (χ1v) is 6.89. The van der Waals surface area contributed by atoms with Gasteiger partial charge < -0.3 is 11.1 Å². The summed E-state index contributed by atoms with van der Waals surface area (Å²) in [6.07, 6.45) is 0. The Balaban J connectivity index is 2.44. The van der Waals surface area contributed by atoms with Crippen molar-refractivity contribution in [2.45, 2.75) is 20.8 Å². The Morgan fingerprint density at radius 2 is 1.89 bits per heavy atom. The lowest BCUT2D eigenvalue weighted by Gasteiger charge is -2.13. The van der Waals surface area contributed by atoms with Gasteiger partial charge >= 0.3 is 0 Å². The molecule has 0 aliphatic rings. The maximum atomic E-state index is 6.14. The molecule has 4 nitrogen and oxygen atoms in total. The van der Waals surface area contributed by atoms with Crippen LogP contribution in [0.1, 0.15) is 17.0 Å². The zero-order chi connectivity index (χ0) is 14.2. The van der Waals surface area contributed by atoms with Crippen molar-refractivity contribution in [2.24, 2.45) is 0 Å². The van der Waals surface area contributed by atoms with Gasteiger partial charge in [0, 0.05) is 15.1 Å². The van der Waals surface area contributed by atoms with Gasteiger partial charge in [0.15, 0.2) is 0 Å². The number of nitrogens with one attached hydrogen (secondary N) is 1. The van der Waals surface area contributed by atoms with E-state index in [1.54, 1.807) is 6.92 Å². The van der Waals surface area contributed by atoms with Crippen LogP contribution in [0, 0.1) is 20.8 Å². The standard InChI is InChI=1S/C13H14BrClN4/c1-6-4-9(14)11(5-10(6)15)19-13-7(2)12(16)17-8(3)18-13/h4-5H,1-3H3,(H3,16,17,18,19). The number of rotatable bonds is 2. The Morgan fingerprint density at radius 1 is 1.21 bits per heavy atom. The summed E-state index contributed by atoms with van der Waals surface area (Å²) in [5, 5.41) is 3.92. The van der Waals surface area contributed by atoms with Gasteiger partial charge in [0.1, 0.15) is 17.5 Å². The zero-order valence-corrected chi connectivity index (χ0v) is 13.2. The summed E-state index contributed by atoms with van der Waals surface area (Å²) in [6.45, 7) is 5.63. The van der Waals surface area contributed by atoms with Crippen LogP contribution in [-0.2, 0) is 0 Å². The number of nitrogens with two attached hydrogens (primary N) is 1. The maximum absolute atomic E-state index is 6.14. The van der Waals surface area contributed by atoms with Gasteiger partial charge in [0.25, 0.3) is 0 Å². The van der Waals surface area contributed by atoms with E-state index >= 15 is 0 Å². The number of hydrogen-bond donors (Lipinski definition) is 2. The highest BCUT2D eigenvalue weighted by Gasteiger charge is 2.10. The third kappa shape index (κ3) is 2.98. The van der Waals surface area contributed by atoms with Gasteiger partial charge in [-0.2, -0.15) is 0 Å². The van der Waals surface area contributed by atoms with Crippen molar-refractivity contribution in [3.8, 4) is 0 Å². The third-order valence-electron chi connectivity index (χ3n) is 2.80.